The number of aromatic nitrogens is 1. The minimum atomic E-state index is -2.79. The van der Waals surface area contributed by atoms with E-state index in [4.69, 9.17) is 18.0 Å². The van der Waals surface area contributed by atoms with Gasteiger partial charge in [0.25, 0.3) is 0 Å². The van der Waals surface area contributed by atoms with Crippen LogP contribution in [0.2, 0.25) is 0 Å². The minimum absolute atomic E-state index is 0.480. The van der Waals surface area contributed by atoms with E-state index in [-0.39, 0.29) is 0 Å². The summed E-state index contributed by atoms with van der Waals surface area (Å²) in [5.74, 6) is 0.824. The molecule has 5 nitrogen and oxygen atoms in total. The Kier molecular flexibility index (Phi) is 7.32. The van der Waals surface area contributed by atoms with Crippen molar-refractivity contribution in [3.63, 3.8) is 0 Å². The topological polar surface area (TPSA) is 49.8 Å². The second-order valence-corrected chi connectivity index (χ2v) is 9.25. The number of pyridine rings is 1. The Morgan fingerprint density at radius 3 is 1.83 bits per heavy atom. The Balaban J connectivity index is 1.58. The molecule has 0 saturated carbocycles. The molecule has 1 heterocycles. The molecule has 0 unspecified atom stereocenters. The highest BCUT2D eigenvalue weighted by atomic mass is 28.4. The zero-order chi connectivity index (χ0) is 20.5. The number of ether oxygens (including phenoxy) is 1. The predicted molar refractivity (Wildman–Crippen MR) is 117 cm³/mol. The molecule has 150 valence electrons. The summed E-state index contributed by atoms with van der Waals surface area (Å²) < 4.78 is 22.4. The Morgan fingerprint density at radius 1 is 0.724 bits per heavy atom. The van der Waals surface area contributed by atoms with Gasteiger partial charge in [-0.25, -0.2) is 0 Å². The summed E-state index contributed by atoms with van der Waals surface area (Å²) in [6, 6.07) is 19.9. The summed E-state index contributed by atoms with van der Waals surface area (Å²) in [5.41, 5.74) is 3.28. The molecule has 3 rings (SSSR count). The SMILES string of the molecule is CO[Si](OC)(OC)c1ccc(COc2ccc(/C=C/c3ccncc3)cc2)cc1. The zero-order valence-corrected chi connectivity index (χ0v) is 17.9. The standard InChI is InChI=1S/C23H25NO4Si/c1-25-29(26-2,27-3)23-12-8-21(9-13-23)18-28-22-10-6-19(7-11-22)4-5-20-14-16-24-17-15-20/h4-17H,18H2,1-3H3/b5-4+. The lowest BCUT2D eigenvalue weighted by Gasteiger charge is -2.24. The van der Waals surface area contributed by atoms with E-state index in [1.54, 1.807) is 33.7 Å². The van der Waals surface area contributed by atoms with Crippen molar-refractivity contribution in [2.75, 3.05) is 21.3 Å². The van der Waals surface area contributed by atoms with Crippen molar-refractivity contribution in [2.24, 2.45) is 0 Å². The maximum atomic E-state index is 5.90. The van der Waals surface area contributed by atoms with E-state index >= 15 is 0 Å². The number of nitrogens with zero attached hydrogens (tertiary/aromatic N) is 1. The van der Waals surface area contributed by atoms with Gasteiger partial charge in [-0.15, -0.1) is 0 Å². The third-order valence-corrected chi connectivity index (χ3v) is 7.23. The van der Waals surface area contributed by atoms with Gasteiger partial charge in [0, 0.05) is 38.9 Å². The van der Waals surface area contributed by atoms with Crippen LogP contribution in [0.15, 0.2) is 73.1 Å². The van der Waals surface area contributed by atoms with E-state index in [0.717, 1.165) is 27.6 Å². The largest absolute Gasteiger partial charge is 0.536 e. The van der Waals surface area contributed by atoms with E-state index < -0.39 is 8.80 Å². The number of hydrogen-bond acceptors (Lipinski definition) is 5. The summed E-state index contributed by atoms with van der Waals surface area (Å²) in [6.45, 7) is 0.480. The van der Waals surface area contributed by atoms with Crippen molar-refractivity contribution < 1.29 is 18.0 Å². The first-order valence-corrected chi connectivity index (χ1v) is 11.0. The van der Waals surface area contributed by atoms with Crippen LogP contribution in [0.5, 0.6) is 5.75 Å². The predicted octanol–water partition coefficient (Wildman–Crippen LogP) is 3.92. The molecule has 0 atom stereocenters. The Morgan fingerprint density at radius 2 is 1.28 bits per heavy atom. The first-order chi connectivity index (χ1) is 14.2. The average molecular weight is 408 g/mol. The number of rotatable bonds is 9. The maximum absolute atomic E-state index is 5.90. The van der Waals surface area contributed by atoms with Gasteiger partial charge in [-0.1, -0.05) is 48.6 Å². The number of benzene rings is 2. The fraction of sp³-hybridized carbons (Fsp3) is 0.174. The molecular formula is C23H25NO4Si. The average Bonchev–Trinajstić information content (AvgIpc) is 2.80. The van der Waals surface area contributed by atoms with Crippen molar-refractivity contribution in [2.45, 2.75) is 6.61 Å². The lowest BCUT2D eigenvalue weighted by atomic mass is 10.1. The van der Waals surface area contributed by atoms with Crippen molar-refractivity contribution in [3.05, 3.63) is 89.7 Å². The van der Waals surface area contributed by atoms with Crippen LogP contribution in [0.3, 0.4) is 0 Å². The fourth-order valence-electron chi connectivity index (χ4n) is 2.92. The minimum Gasteiger partial charge on any atom is -0.489 e. The fourth-order valence-corrected chi connectivity index (χ4v) is 4.70. The van der Waals surface area contributed by atoms with Crippen LogP contribution in [-0.2, 0) is 19.9 Å². The van der Waals surface area contributed by atoms with Gasteiger partial charge in [-0.3, -0.25) is 4.98 Å². The molecule has 0 amide bonds. The molecule has 0 saturated heterocycles. The summed E-state index contributed by atoms with van der Waals surface area (Å²) in [5, 5.41) is 0.916. The first-order valence-electron chi connectivity index (χ1n) is 9.25. The van der Waals surface area contributed by atoms with Gasteiger partial charge in [-0.05, 0) is 41.0 Å². The lowest BCUT2D eigenvalue weighted by Crippen LogP contribution is -2.54. The molecule has 0 N–H and O–H groups in total. The van der Waals surface area contributed by atoms with E-state index in [1.807, 2.05) is 60.7 Å². The van der Waals surface area contributed by atoms with Crippen molar-refractivity contribution in [1.82, 2.24) is 4.98 Å². The quantitative estimate of drug-likeness (QED) is 0.503. The summed E-state index contributed by atoms with van der Waals surface area (Å²) in [6.07, 6.45) is 7.69. The van der Waals surface area contributed by atoms with E-state index in [0.29, 0.717) is 6.61 Å². The van der Waals surface area contributed by atoms with Crippen LogP contribution < -0.4 is 9.92 Å². The van der Waals surface area contributed by atoms with Crippen LogP contribution >= 0.6 is 0 Å². The second-order valence-electron chi connectivity index (χ2n) is 6.34. The molecule has 0 aliphatic rings. The summed E-state index contributed by atoms with van der Waals surface area (Å²) in [7, 11) is 2.02. The van der Waals surface area contributed by atoms with Gasteiger partial charge in [0.05, 0.1) is 0 Å². The third-order valence-electron chi connectivity index (χ3n) is 4.57. The van der Waals surface area contributed by atoms with Crippen molar-refractivity contribution in [3.8, 4) is 5.75 Å². The highest BCUT2D eigenvalue weighted by Crippen LogP contribution is 2.16. The lowest BCUT2D eigenvalue weighted by molar-refractivity contribution is 0.140. The molecule has 0 aliphatic carbocycles. The second kappa shape index (κ2) is 10.1. The van der Waals surface area contributed by atoms with Gasteiger partial charge in [-0.2, -0.15) is 0 Å². The molecule has 1 aromatic heterocycles. The van der Waals surface area contributed by atoms with Crippen LogP contribution in [-0.4, -0.2) is 35.1 Å². The number of hydrogen-bond donors (Lipinski definition) is 0. The van der Waals surface area contributed by atoms with Gasteiger partial charge >= 0.3 is 8.80 Å². The highest BCUT2D eigenvalue weighted by Gasteiger charge is 2.40. The molecule has 6 heteroatoms. The van der Waals surface area contributed by atoms with E-state index in [1.165, 1.54) is 0 Å². The van der Waals surface area contributed by atoms with Gasteiger partial charge in [0.1, 0.15) is 12.4 Å². The third kappa shape index (κ3) is 5.39. The molecule has 29 heavy (non-hydrogen) atoms. The smallest absolute Gasteiger partial charge is 0.489 e. The molecular weight excluding hydrogens is 382 g/mol. The summed E-state index contributed by atoms with van der Waals surface area (Å²) in [4.78, 5) is 4.02. The summed E-state index contributed by atoms with van der Waals surface area (Å²) >= 11 is 0. The molecule has 2 aromatic carbocycles. The highest BCUT2D eigenvalue weighted by molar-refractivity contribution is 6.75. The van der Waals surface area contributed by atoms with Gasteiger partial charge in [0.15, 0.2) is 0 Å². The van der Waals surface area contributed by atoms with Gasteiger partial charge in [0.2, 0.25) is 0 Å². The van der Waals surface area contributed by atoms with E-state index in [9.17, 15) is 0 Å². The molecule has 0 aliphatic heterocycles. The Labute approximate surface area is 172 Å². The normalized spacial score (nSPS) is 11.7. The molecule has 0 radical (unpaired) electrons. The van der Waals surface area contributed by atoms with Crippen molar-refractivity contribution in [1.29, 1.82) is 0 Å². The monoisotopic (exact) mass is 407 g/mol. The maximum Gasteiger partial charge on any atom is 0.536 e. The van der Waals surface area contributed by atoms with Crippen molar-refractivity contribution >= 4 is 26.1 Å². The van der Waals surface area contributed by atoms with Crippen LogP contribution in [0.25, 0.3) is 12.2 Å². The van der Waals surface area contributed by atoms with Crippen LogP contribution in [0.1, 0.15) is 16.7 Å². The Hall–Kier alpha value is -2.77. The first kappa shape index (κ1) is 20.9. The van der Waals surface area contributed by atoms with E-state index in [2.05, 4.69) is 17.1 Å². The zero-order valence-electron chi connectivity index (χ0n) is 16.9. The Bertz CT molecular complexity index is 900. The molecule has 0 spiro atoms. The van der Waals surface area contributed by atoms with Crippen LogP contribution in [0.4, 0.5) is 0 Å². The molecule has 0 bridgehead atoms. The molecule has 3 aromatic rings. The van der Waals surface area contributed by atoms with Gasteiger partial charge < -0.3 is 18.0 Å². The van der Waals surface area contributed by atoms with Crippen LogP contribution in [0, 0.1) is 0 Å². The molecule has 0 fully saturated rings.